The summed E-state index contributed by atoms with van der Waals surface area (Å²) in [5.41, 5.74) is -5.02. The summed E-state index contributed by atoms with van der Waals surface area (Å²) in [7, 11) is -5.95. The van der Waals surface area contributed by atoms with Gasteiger partial charge in [-0.25, -0.2) is 4.98 Å². The predicted molar refractivity (Wildman–Crippen MR) is 77.4 cm³/mol. The van der Waals surface area contributed by atoms with Crippen molar-refractivity contribution < 1.29 is 30.9 Å². The Labute approximate surface area is 135 Å². The first-order valence-corrected chi connectivity index (χ1v) is 7.91. The van der Waals surface area contributed by atoms with Crippen molar-refractivity contribution in [3.05, 3.63) is 35.0 Å². The Kier molecular flexibility index (Phi) is 4.43. The van der Waals surface area contributed by atoms with E-state index in [2.05, 4.69) is 9.17 Å². The summed E-state index contributed by atoms with van der Waals surface area (Å²) in [6.07, 6.45) is -0.991. The summed E-state index contributed by atoms with van der Waals surface area (Å²) in [4.78, 5) is 3.83. The molecule has 10 heteroatoms. The molecule has 0 aliphatic rings. The highest BCUT2D eigenvalue weighted by molar-refractivity contribution is 7.88. The molecule has 0 saturated heterocycles. The number of pyridine rings is 1. The molecule has 1 aromatic carbocycles. The molecule has 0 aliphatic heterocycles. The van der Waals surface area contributed by atoms with E-state index in [4.69, 9.17) is 5.26 Å². The van der Waals surface area contributed by atoms with Crippen LogP contribution in [0.4, 0.5) is 13.2 Å². The van der Waals surface area contributed by atoms with Gasteiger partial charge in [-0.05, 0) is 37.1 Å². The molecule has 0 fully saturated rings. The molecule has 6 nitrogen and oxygen atoms in total. The van der Waals surface area contributed by atoms with E-state index in [9.17, 15) is 26.7 Å². The van der Waals surface area contributed by atoms with Gasteiger partial charge in [0.2, 0.25) is 0 Å². The van der Waals surface area contributed by atoms with Gasteiger partial charge in [-0.2, -0.15) is 26.9 Å². The van der Waals surface area contributed by atoms with Gasteiger partial charge in [0.05, 0.1) is 11.6 Å². The number of alkyl halides is 3. The summed E-state index contributed by atoms with van der Waals surface area (Å²) < 4.78 is 63.8. The average Bonchev–Trinajstić information content (AvgIpc) is 2.44. The minimum absolute atomic E-state index is 0.182. The predicted octanol–water partition coefficient (Wildman–Crippen LogP) is 2.70. The maximum atomic E-state index is 12.5. The lowest BCUT2D eigenvalue weighted by molar-refractivity contribution is -0.0500. The number of hydrogen-bond donors (Lipinski definition) is 1. The standard InChI is InChI=1S/C14H11F3N2O4S/c1-7-3-9(8(2)20)10-5-13(12(6-18)19-11(10)4-7)23-24(21,22)14(15,16)17/h3-5,8,20H,1-2H3. The lowest BCUT2D eigenvalue weighted by atomic mass is 10.0. The first-order chi connectivity index (χ1) is 11.0. The maximum Gasteiger partial charge on any atom is 0.534 e. The summed E-state index contributed by atoms with van der Waals surface area (Å²) in [6, 6.07) is 5.57. The molecule has 1 aromatic heterocycles. The Morgan fingerprint density at radius 1 is 1.33 bits per heavy atom. The van der Waals surface area contributed by atoms with Crippen molar-refractivity contribution in [1.82, 2.24) is 4.98 Å². The number of aryl methyl sites for hydroxylation is 1. The van der Waals surface area contributed by atoms with Crippen LogP contribution in [0, 0.1) is 18.3 Å². The first-order valence-electron chi connectivity index (χ1n) is 6.50. The molecule has 2 rings (SSSR count). The van der Waals surface area contributed by atoms with E-state index in [0.29, 0.717) is 11.1 Å². The van der Waals surface area contributed by atoms with Gasteiger partial charge in [-0.1, -0.05) is 6.07 Å². The molecule has 0 radical (unpaired) electrons. The zero-order valence-corrected chi connectivity index (χ0v) is 13.2. The number of hydrogen-bond acceptors (Lipinski definition) is 6. The van der Waals surface area contributed by atoms with Gasteiger partial charge in [0.15, 0.2) is 11.4 Å². The largest absolute Gasteiger partial charge is 0.534 e. The summed E-state index contributed by atoms with van der Waals surface area (Å²) >= 11 is 0. The second-order valence-corrected chi connectivity index (χ2v) is 6.56. The highest BCUT2D eigenvalue weighted by Gasteiger charge is 2.49. The number of aliphatic hydroxyl groups excluding tert-OH is 1. The molecular formula is C14H11F3N2O4S. The second-order valence-electron chi connectivity index (χ2n) is 5.03. The van der Waals surface area contributed by atoms with Gasteiger partial charge in [0.1, 0.15) is 6.07 Å². The highest BCUT2D eigenvalue weighted by Crippen LogP contribution is 2.33. The first kappa shape index (κ1) is 18.0. The third kappa shape index (κ3) is 3.27. The molecular weight excluding hydrogens is 349 g/mol. The van der Waals surface area contributed by atoms with E-state index in [1.165, 1.54) is 13.0 Å². The molecule has 128 valence electrons. The Morgan fingerprint density at radius 2 is 1.96 bits per heavy atom. The third-order valence-corrected chi connectivity index (χ3v) is 4.08. The molecule has 2 aromatic rings. The minimum Gasteiger partial charge on any atom is -0.389 e. The Hall–Kier alpha value is -2.38. The van der Waals surface area contributed by atoms with Crippen molar-refractivity contribution in [2.75, 3.05) is 0 Å². The van der Waals surface area contributed by atoms with Crippen molar-refractivity contribution in [3.8, 4) is 11.8 Å². The van der Waals surface area contributed by atoms with Gasteiger partial charge >= 0.3 is 15.6 Å². The van der Waals surface area contributed by atoms with Crippen molar-refractivity contribution in [1.29, 1.82) is 5.26 Å². The second kappa shape index (κ2) is 5.92. The number of nitrogens with zero attached hydrogens (tertiary/aromatic N) is 2. The average molecular weight is 360 g/mol. The van der Waals surface area contributed by atoms with Crippen LogP contribution in [-0.4, -0.2) is 24.0 Å². The van der Waals surface area contributed by atoms with Crippen LogP contribution < -0.4 is 4.18 Å². The van der Waals surface area contributed by atoms with E-state index in [-0.39, 0.29) is 10.9 Å². The van der Waals surface area contributed by atoms with Crippen LogP contribution in [0.2, 0.25) is 0 Å². The van der Waals surface area contributed by atoms with Crippen LogP contribution in [0.1, 0.15) is 29.8 Å². The number of fused-ring (bicyclic) bond motifs is 1. The number of rotatable bonds is 3. The lowest BCUT2D eigenvalue weighted by Gasteiger charge is -2.14. The van der Waals surface area contributed by atoms with E-state index < -0.39 is 33.2 Å². The van der Waals surface area contributed by atoms with Crippen molar-refractivity contribution in [3.63, 3.8) is 0 Å². The molecule has 0 aliphatic carbocycles. The van der Waals surface area contributed by atoms with E-state index in [1.54, 1.807) is 19.1 Å². The SMILES string of the molecule is Cc1cc(C(C)O)c2cc(OS(=O)(=O)C(F)(F)F)c(C#N)nc2c1. The third-order valence-electron chi connectivity index (χ3n) is 3.11. The fourth-order valence-corrected chi connectivity index (χ4v) is 2.54. The number of aromatic nitrogens is 1. The summed E-state index contributed by atoms with van der Waals surface area (Å²) in [5.74, 6) is -0.854. The fourth-order valence-electron chi connectivity index (χ4n) is 2.09. The number of nitriles is 1. The topological polar surface area (TPSA) is 100 Å². The number of aliphatic hydroxyl groups is 1. The fraction of sp³-hybridized carbons (Fsp3) is 0.286. The van der Waals surface area contributed by atoms with Gasteiger partial charge in [0, 0.05) is 5.39 Å². The van der Waals surface area contributed by atoms with Crippen LogP contribution in [0.5, 0.6) is 5.75 Å². The maximum absolute atomic E-state index is 12.5. The number of halogens is 3. The van der Waals surface area contributed by atoms with Gasteiger partial charge in [-0.3, -0.25) is 0 Å². The van der Waals surface area contributed by atoms with Gasteiger partial charge < -0.3 is 9.29 Å². The Morgan fingerprint density at radius 3 is 2.46 bits per heavy atom. The quantitative estimate of drug-likeness (QED) is 0.667. The molecule has 0 amide bonds. The molecule has 0 bridgehead atoms. The van der Waals surface area contributed by atoms with Gasteiger partial charge in [0.25, 0.3) is 0 Å². The molecule has 1 atom stereocenters. The van der Waals surface area contributed by atoms with Crippen LogP contribution in [0.3, 0.4) is 0 Å². The normalized spacial score (nSPS) is 13.5. The number of benzene rings is 1. The van der Waals surface area contributed by atoms with Crippen LogP contribution in [0.15, 0.2) is 18.2 Å². The monoisotopic (exact) mass is 360 g/mol. The van der Waals surface area contributed by atoms with Gasteiger partial charge in [-0.15, -0.1) is 0 Å². The van der Waals surface area contributed by atoms with Crippen LogP contribution >= 0.6 is 0 Å². The molecule has 0 saturated carbocycles. The summed E-state index contributed by atoms with van der Waals surface area (Å²) in [6.45, 7) is 3.14. The van der Waals surface area contributed by atoms with Crippen LogP contribution in [-0.2, 0) is 10.1 Å². The molecule has 1 unspecified atom stereocenters. The van der Waals surface area contributed by atoms with Crippen molar-refractivity contribution in [2.24, 2.45) is 0 Å². The van der Waals surface area contributed by atoms with E-state index >= 15 is 0 Å². The molecule has 1 N–H and O–H groups in total. The zero-order valence-electron chi connectivity index (χ0n) is 12.4. The highest BCUT2D eigenvalue weighted by atomic mass is 32.2. The summed E-state index contributed by atoms with van der Waals surface area (Å²) in [5, 5.41) is 19.0. The Bertz CT molecular complexity index is 947. The Balaban J connectivity index is 2.74. The molecule has 0 spiro atoms. The zero-order chi connectivity index (χ0) is 18.3. The van der Waals surface area contributed by atoms with Crippen molar-refractivity contribution >= 4 is 21.0 Å². The van der Waals surface area contributed by atoms with Crippen molar-refractivity contribution in [2.45, 2.75) is 25.5 Å². The minimum atomic E-state index is -5.95. The molecule has 1 heterocycles. The van der Waals surface area contributed by atoms with E-state index in [0.717, 1.165) is 6.07 Å². The smallest absolute Gasteiger partial charge is 0.389 e. The lowest BCUT2D eigenvalue weighted by Crippen LogP contribution is -2.28. The van der Waals surface area contributed by atoms with E-state index in [1.807, 2.05) is 0 Å². The molecule has 24 heavy (non-hydrogen) atoms. The van der Waals surface area contributed by atoms with Crippen LogP contribution in [0.25, 0.3) is 10.9 Å².